The van der Waals surface area contributed by atoms with Gasteiger partial charge in [0.05, 0.1) is 11.8 Å². The highest BCUT2D eigenvalue weighted by Crippen LogP contribution is 2.23. The maximum atomic E-state index is 10.5. The summed E-state index contributed by atoms with van der Waals surface area (Å²) in [6, 6.07) is -0.0619. The maximum Gasteiger partial charge on any atom is 0.335 e. The van der Waals surface area contributed by atoms with Crippen molar-refractivity contribution in [3.8, 4) is 0 Å². The minimum absolute atomic E-state index is 0.0619. The molecule has 1 aliphatic carbocycles. The lowest BCUT2D eigenvalue weighted by molar-refractivity contribution is -0.132. The van der Waals surface area contributed by atoms with Gasteiger partial charge < -0.3 is 5.11 Å². The van der Waals surface area contributed by atoms with Crippen LogP contribution in [0.3, 0.4) is 0 Å². The number of nitrogens with zero attached hydrogens (tertiary/aromatic N) is 2. The Labute approximate surface area is 68.6 Å². The standard InChI is InChI=1S/C8H6N2O2/c11-8(12)5-1-2-7-6(3-5)4-9-10-7/h1-4,7H,(H,11,12)/t7-/m0/s1. The van der Waals surface area contributed by atoms with Gasteiger partial charge in [-0.2, -0.15) is 10.2 Å². The third kappa shape index (κ3) is 0.972. The molecule has 2 rings (SSSR count). The van der Waals surface area contributed by atoms with Crippen molar-refractivity contribution in [3.63, 3.8) is 0 Å². The fourth-order valence-corrected chi connectivity index (χ4v) is 1.14. The summed E-state index contributed by atoms with van der Waals surface area (Å²) >= 11 is 0. The van der Waals surface area contributed by atoms with Crippen LogP contribution in [0.4, 0.5) is 0 Å². The zero-order valence-electron chi connectivity index (χ0n) is 6.14. The second-order valence-electron chi connectivity index (χ2n) is 2.57. The SMILES string of the molecule is O=C(O)C1=CC2=CN=N[C@H]2C=C1. The first-order valence-electron chi connectivity index (χ1n) is 3.50. The summed E-state index contributed by atoms with van der Waals surface area (Å²) in [7, 11) is 0. The summed E-state index contributed by atoms with van der Waals surface area (Å²) in [6.07, 6.45) is 6.45. The summed E-state index contributed by atoms with van der Waals surface area (Å²) in [5.74, 6) is -0.919. The maximum absolute atomic E-state index is 10.5. The van der Waals surface area contributed by atoms with Gasteiger partial charge >= 0.3 is 5.97 Å². The first-order chi connectivity index (χ1) is 5.77. The quantitative estimate of drug-likeness (QED) is 0.631. The lowest BCUT2D eigenvalue weighted by Gasteiger charge is -2.07. The average Bonchev–Trinajstić information content (AvgIpc) is 2.49. The Balaban J connectivity index is 2.34. The molecule has 0 amide bonds. The van der Waals surface area contributed by atoms with Gasteiger partial charge in [-0.1, -0.05) is 6.08 Å². The number of aliphatic carboxylic acids is 1. The summed E-state index contributed by atoms with van der Waals surface area (Å²) in [5, 5.41) is 16.2. The van der Waals surface area contributed by atoms with Crippen molar-refractivity contribution >= 4 is 5.97 Å². The zero-order chi connectivity index (χ0) is 8.55. The molecule has 0 spiro atoms. The number of hydrogen-bond acceptors (Lipinski definition) is 3. The van der Waals surface area contributed by atoms with Crippen LogP contribution in [0.15, 0.2) is 45.8 Å². The summed E-state index contributed by atoms with van der Waals surface area (Å²) in [4.78, 5) is 10.5. The smallest absolute Gasteiger partial charge is 0.335 e. The lowest BCUT2D eigenvalue weighted by Crippen LogP contribution is -2.08. The molecule has 1 aliphatic heterocycles. The molecule has 4 heteroatoms. The Hall–Kier alpha value is -1.71. The van der Waals surface area contributed by atoms with Crippen LogP contribution in [-0.4, -0.2) is 17.1 Å². The van der Waals surface area contributed by atoms with Crippen molar-refractivity contribution in [2.45, 2.75) is 6.04 Å². The van der Waals surface area contributed by atoms with Gasteiger partial charge in [0.2, 0.25) is 0 Å². The normalized spacial score (nSPS) is 24.8. The highest BCUT2D eigenvalue weighted by Gasteiger charge is 2.19. The van der Waals surface area contributed by atoms with Crippen molar-refractivity contribution in [3.05, 3.63) is 35.6 Å². The topological polar surface area (TPSA) is 62.0 Å². The van der Waals surface area contributed by atoms with Gasteiger partial charge in [-0.25, -0.2) is 4.79 Å². The Bertz CT molecular complexity index is 350. The molecule has 0 unspecified atom stereocenters. The molecule has 4 nitrogen and oxygen atoms in total. The number of carboxylic acids is 1. The molecular formula is C8H6N2O2. The molecule has 0 saturated heterocycles. The fraction of sp³-hybridized carbons (Fsp3) is 0.125. The lowest BCUT2D eigenvalue weighted by atomic mass is 9.99. The van der Waals surface area contributed by atoms with Crippen LogP contribution in [0.2, 0.25) is 0 Å². The average molecular weight is 162 g/mol. The van der Waals surface area contributed by atoms with E-state index in [4.69, 9.17) is 5.11 Å². The number of rotatable bonds is 1. The van der Waals surface area contributed by atoms with E-state index in [0.29, 0.717) is 0 Å². The largest absolute Gasteiger partial charge is 0.478 e. The summed E-state index contributed by atoms with van der Waals surface area (Å²) in [5.41, 5.74) is 1.12. The summed E-state index contributed by atoms with van der Waals surface area (Å²) in [6.45, 7) is 0. The minimum Gasteiger partial charge on any atom is -0.478 e. The molecule has 1 heterocycles. The second kappa shape index (κ2) is 2.41. The molecule has 0 radical (unpaired) electrons. The molecule has 0 fully saturated rings. The third-order valence-electron chi connectivity index (χ3n) is 1.77. The number of fused-ring (bicyclic) bond motifs is 1. The number of hydrogen-bond donors (Lipinski definition) is 1. The number of azo groups is 1. The van der Waals surface area contributed by atoms with E-state index < -0.39 is 5.97 Å². The molecule has 1 N–H and O–H groups in total. The second-order valence-corrected chi connectivity index (χ2v) is 2.57. The van der Waals surface area contributed by atoms with Crippen LogP contribution in [0.5, 0.6) is 0 Å². The van der Waals surface area contributed by atoms with Crippen LogP contribution in [0.1, 0.15) is 0 Å². The van der Waals surface area contributed by atoms with E-state index in [1.165, 1.54) is 0 Å². The van der Waals surface area contributed by atoms with Crippen molar-refractivity contribution in [2.75, 3.05) is 0 Å². The van der Waals surface area contributed by atoms with Crippen LogP contribution in [0, 0.1) is 0 Å². The van der Waals surface area contributed by atoms with Crippen molar-refractivity contribution in [2.24, 2.45) is 10.2 Å². The van der Waals surface area contributed by atoms with Crippen molar-refractivity contribution in [1.82, 2.24) is 0 Å². The van der Waals surface area contributed by atoms with E-state index >= 15 is 0 Å². The minimum atomic E-state index is -0.919. The Morgan fingerprint density at radius 3 is 3.17 bits per heavy atom. The molecule has 0 aromatic heterocycles. The van der Waals surface area contributed by atoms with Gasteiger partial charge in [-0.3, -0.25) is 0 Å². The number of carboxylic acid groups (broad SMARTS) is 1. The summed E-state index contributed by atoms with van der Waals surface area (Å²) < 4.78 is 0. The van der Waals surface area contributed by atoms with E-state index in [2.05, 4.69) is 10.2 Å². The Kier molecular flexibility index (Phi) is 1.40. The zero-order valence-corrected chi connectivity index (χ0v) is 6.14. The molecule has 60 valence electrons. The van der Waals surface area contributed by atoms with Gasteiger partial charge in [0.15, 0.2) is 0 Å². The van der Waals surface area contributed by atoms with E-state index in [9.17, 15) is 4.79 Å². The predicted molar refractivity (Wildman–Crippen MR) is 41.6 cm³/mol. The third-order valence-corrected chi connectivity index (χ3v) is 1.77. The molecule has 0 bridgehead atoms. The molecular weight excluding hydrogens is 156 g/mol. The van der Waals surface area contributed by atoms with E-state index in [1.807, 2.05) is 0 Å². The van der Waals surface area contributed by atoms with Crippen molar-refractivity contribution < 1.29 is 9.90 Å². The molecule has 12 heavy (non-hydrogen) atoms. The fourth-order valence-electron chi connectivity index (χ4n) is 1.14. The van der Waals surface area contributed by atoms with Crippen LogP contribution in [0.25, 0.3) is 0 Å². The van der Waals surface area contributed by atoms with Crippen molar-refractivity contribution in [1.29, 1.82) is 0 Å². The highest BCUT2D eigenvalue weighted by atomic mass is 16.4. The van der Waals surface area contributed by atoms with Gasteiger partial charge in [-0.05, 0) is 12.2 Å². The van der Waals surface area contributed by atoms with Crippen LogP contribution < -0.4 is 0 Å². The van der Waals surface area contributed by atoms with E-state index in [0.717, 1.165) is 5.57 Å². The molecule has 0 aromatic carbocycles. The predicted octanol–water partition coefficient (Wildman–Crippen LogP) is 1.29. The monoisotopic (exact) mass is 162 g/mol. The highest BCUT2D eigenvalue weighted by molar-refractivity contribution is 5.91. The molecule has 0 saturated carbocycles. The number of carbonyl (C=O) groups is 1. The first-order valence-corrected chi connectivity index (χ1v) is 3.50. The Morgan fingerprint density at radius 2 is 2.42 bits per heavy atom. The van der Waals surface area contributed by atoms with E-state index in [1.54, 1.807) is 24.4 Å². The van der Waals surface area contributed by atoms with Gasteiger partial charge in [-0.15, -0.1) is 0 Å². The molecule has 1 atom stereocenters. The van der Waals surface area contributed by atoms with Crippen LogP contribution in [-0.2, 0) is 4.79 Å². The van der Waals surface area contributed by atoms with Gasteiger partial charge in [0, 0.05) is 5.57 Å². The Morgan fingerprint density at radius 1 is 1.58 bits per heavy atom. The molecule has 2 aliphatic rings. The molecule has 0 aromatic rings. The van der Waals surface area contributed by atoms with Gasteiger partial charge in [0.1, 0.15) is 6.04 Å². The van der Waals surface area contributed by atoms with E-state index in [-0.39, 0.29) is 11.6 Å². The van der Waals surface area contributed by atoms with Gasteiger partial charge in [0.25, 0.3) is 0 Å². The van der Waals surface area contributed by atoms with Crippen LogP contribution >= 0.6 is 0 Å². The first kappa shape index (κ1) is 6.97.